The Kier molecular flexibility index (Phi) is 2.08. The van der Waals surface area contributed by atoms with Gasteiger partial charge in [-0.2, -0.15) is 0 Å². The maximum atomic E-state index is 5.42. The van der Waals surface area contributed by atoms with Gasteiger partial charge < -0.3 is 4.74 Å². The quantitative estimate of drug-likeness (QED) is 0.657. The molecule has 0 bridgehead atoms. The molecule has 0 atom stereocenters. The van der Waals surface area contributed by atoms with Crippen LogP contribution in [0.3, 0.4) is 0 Å². The Labute approximate surface area is 78.9 Å². The second kappa shape index (κ2) is 3.11. The van der Waals surface area contributed by atoms with Gasteiger partial charge in [-0.1, -0.05) is 13.8 Å². The van der Waals surface area contributed by atoms with E-state index in [-0.39, 0.29) is 0 Å². The summed E-state index contributed by atoms with van der Waals surface area (Å²) in [5.41, 5.74) is 5.19. The molecule has 0 spiro atoms. The van der Waals surface area contributed by atoms with Crippen LogP contribution in [0.1, 0.15) is 42.1 Å². The zero-order valence-electron chi connectivity index (χ0n) is 8.42. The van der Waals surface area contributed by atoms with E-state index < -0.39 is 0 Å². The second-order valence-electron chi connectivity index (χ2n) is 3.91. The zero-order valence-corrected chi connectivity index (χ0v) is 8.42. The minimum Gasteiger partial charge on any atom is -0.372 e. The topological polar surface area (TPSA) is 22.1 Å². The summed E-state index contributed by atoms with van der Waals surface area (Å²) in [7, 11) is 0. The van der Waals surface area contributed by atoms with E-state index in [4.69, 9.17) is 4.74 Å². The van der Waals surface area contributed by atoms with Crippen LogP contribution in [0.5, 0.6) is 0 Å². The summed E-state index contributed by atoms with van der Waals surface area (Å²) < 4.78 is 5.42. The van der Waals surface area contributed by atoms with Crippen molar-refractivity contribution in [2.75, 3.05) is 0 Å². The van der Waals surface area contributed by atoms with Crippen molar-refractivity contribution in [3.8, 4) is 0 Å². The largest absolute Gasteiger partial charge is 0.372 e. The molecule has 1 aliphatic heterocycles. The number of ether oxygens (including phenoxy) is 1. The molecule has 0 radical (unpaired) electrons. The summed E-state index contributed by atoms with van der Waals surface area (Å²) in [4.78, 5) is 4.39. The van der Waals surface area contributed by atoms with E-state index in [1.807, 2.05) is 6.20 Å². The number of hydrogen-bond acceptors (Lipinski definition) is 2. The molecule has 2 rings (SSSR count). The third-order valence-corrected chi connectivity index (χ3v) is 2.60. The Hall–Kier alpha value is -0.890. The molecule has 0 saturated heterocycles. The van der Waals surface area contributed by atoms with Crippen LogP contribution in [0.25, 0.3) is 0 Å². The van der Waals surface area contributed by atoms with Gasteiger partial charge in [0.25, 0.3) is 0 Å². The van der Waals surface area contributed by atoms with Gasteiger partial charge in [0.15, 0.2) is 0 Å². The normalized spacial score (nSPS) is 15.1. The maximum Gasteiger partial charge on any atom is 0.0740 e. The molecule has 0 N–H and O–H groups in total. The molecule has 0 aliphatic carbocycles. The first-order chi connectivity index (χ1) is 6.20. The molecule has 0 saturated carbocycles. The van der Waals surface area contributed by atoms with E-state index in [1.54, 1.807) is 0 Å². The Morgan fingerprint density at radius 2 is 2.15 bits per heavy atom. The first kappa shape index (κ1) is 8.70. The van der Waals surface area contributed by atoms with Crippen molar-refractivity contribution in [3.63, 3.8) is 0 Å². The van der Waals surface area contributed by atoms with Crippen LogP contribution >= 0.6 is 0 Å². The van der Waals surface area contributed by atoms with Crippen molar-refractivity contribution in [2.24, 2.45) is 0 Å². The molecule has 2 nitrogen and oxygen atoms in total. The van der Waals surface area contributed by atoms with Gasteiger partial charge >= 0.3 is 0 Å². The predicted molar refractivity (Wildman–Crippen MR) is 51.6 cm³/mol. The minimum absolute atomic E-state index is 0.546. The summed E-state index contributed by atoms with van der Waals surface area (Å²) in [6, 6.07) is 0. The number of pyridine rings is 1. The Morgan fingerprint density at radius 1 is 1.38 bits per heavy atom. The minimum atomic E-state index is 0.546. The fourth-order valence-corrected chi connectivity index (χ4v) is 2.04. The van der Waals surface area contributed by atoms with Crippen LogP contribution in [0.2, 0.25) is 0 Å². The van der Waals surface area contributed by atoms with Crippen LogP contribution in [-0.4, -0.2) is 4.98 Å². The molecule has 70 valence electrons. The molecule has 2 heteroatoms. The highest BCUT2D eigenvalue weighted by Crippen LogP contribution is 2.29. The van der Waals surface area contributed by atoms with Gasteiger partial charge in [0.2, 0.25) is 0 Å². The van der Waals surface area contributed by atoms with Crippen LogP contribution in [-0.2, 0) is 18.0 Å². The van der Waals surface area contributed by atoms with Crippen LogP contribution in [0.4, 0.5) is 0 Å². The van der Waals surface area contributed by atoms with Gasteiger partial charge in [0, 0.05) is 17.5 Å². The van der Waals surface area contributed by atoms with Crippen molar-refractivity contribution >= 4 is 0 Å². The molecule has 1 aromatic heterocycles. The molecule has 0 unspecified atom stereocenters. The van der Waals surface area contributed by atoms with Gasteiger partial charge in [0.1, 0.15) is 0 Å². The summed E-state index contributed by atoms with van der Waals surface area (Å²) >= 11 is 0. The zero-order chi connectivity index (χ0) is 9.42. The van der Waals surface area contributed by atoms with Crippen molar-refractivity contribution in [1.29, 1.82) is 0 Å². The van der Waals surface area contributed by atoms with Gasteiger partial charge in [-0.3, -0.25) is 4.98 Å². The standard InChI is InChI=1S/C11H15NO/c1-7(2)11-8(3)12-4-9-5-13-6-10(9)11/h4,7H,5-6H2,1-3H3. The lowest BCUT2D eigenvalue weighted by molar-refractivity contribution is 0.134. The molecule has 1 aliphatic rings. The maximum absolute atomic E-state index is 5.42. The number of aryl methyl sites for hydroxylation is 1. The number of aromatic nitrogens is 1. The average molecular weight is 177 g/mol. The van der Waals surface area contributed by atoms with Gasteiger partial charge in [-0.05, 0) is 24.0 Å². The summed E-state index contributed by atoms with van der Waals surface area (Å²) in [6.45, 7) is 8.01. The van der Waals surface area contributed by atoms with E-state index >= 15 is 0 Å². The monoisotopic (exact) mass is 177 g/mol. The summed E-state index contributed by atoms with van der Waals surface area (Å²) in [5.74, 6) is 0.546. The number of nitrogens with zero attached hydrogens (tertiary/aromatic N) is 1. The van der Waals surface area contributed by atoms with E-state index in [2.05, 4.69) is 25.8 Å². The summed E-state index contributed by atoms with van der Waals surface area (Å²) in [5, 5.41) is 0. The van der Waals surface area contributed by atoms with Gasteiger partial charge in [-0.15, -0.1) is 0 Å². The first-order valence-electron chi connectivity index (χ1n) is 4.75. The smallest absolute Gasteiger partial charge is 0.0740 e. The number of rotatable bonds is 1. The fraction of sp³-hybridized carbons (Fsp3) is 0.545. The lowest BCUT2D eigenvalue weighted by Gasteiger charge is -2.13. The number of fused-ring (bicyclic) bond motifs is 1. The molecule has 2 heterocycles. The molecule has 1 aromatic rings. The third-order valence-electron chi connectivity index (χ3n) is 2.60. The van der Waals surface area contributed by atoms with Crippen LogP contribution in [0.15, 0.2) is 6.20 Å². The number of hydrogen-bond donors (Lipinski definition) is 0. The molecular weight excluding hydrogens is 162 g/mol. The lowest BCUT2D eigenvalue weighted by Crippen LogP contribution is -2.01. The van der Waals surface area contributed by atoms with E-state index in [9.17, 15) is 0 Å². The first-order valence-corrected chi connectivity index (χ1v) is 4.75. The van der Waals surface area contributed by atoms with Crippen LogP contribution < -0.4 is 0 Å². The van der Waals surface area contributed by atoms with E-state index in [1.165, 1.54) is 16.7 Å². The highest BCUT2D eigenvalue weighted by atomic mass is 16.5. The van der Waals surface area contributed by atoms with E-state index in [0.717, 1.165) is 18.9 Å². The highest BCUT2D eigenvalue weighted by molar-refractivity contribution is 5.39. The van der Waals surface area contributed by atoms with Crippen molar-refractivity contribution in [1.82, 2.24) is 4.98 Å². The molecule has 0 amide bonds. The Balaban J connectivity index is 2.58. The lowest BCUT2D eigenvalue weighted by atomic mass is 9.94. The highest BCUT2D eigenvalue weighted by Gasteiger charge is 2.19. The fourth-order valence-electron chi connectivity index (χ4n) is 2.04. The van der Waals surface area contributed by atoms with Crippen LogP contribution in [0, 0.1) is 6.92 Å². The third kappa shape index (κ3) is 1.35. The van der Waals surface area contributed by atoms with Crippen molar-refractivity contribution < 1.29 is 4.74 Å². The Morgan fingerprint density at radius 3 is 2.85 bits per heavy atom. The molecule has 0 fully saturated rings. The molecule has 0 aromatic carbocycles. The summed E-state index contributed by atoms with van der Waals surface area (Å²) in [6.07, 6.45) is 1.95. The SMILES string of the molecule is Cc1ncc2c(c1C(C)C)COC2. The van der Waals surface area contributed by atoms with Gasteiger partial charge in [0.05, 0.1) is 13.2 Å². The molecular formula is C11H15NO. The molecule has 13 heavy (non-hydrogen) atoms. The predicted octanol–water partition coefficient (Wildman–Crippen LogP) is 2.54. The van der Waals surface area contributed by atoms with Gasteiger partial charge in [-0.25, -0.2) is 0 Å². The van der Waals surface area contributed by atoms with Crippen molar-refractivity contribution in [3.05, 3.63) is 28.6 Å². The average Bonchev–Trinajstić information content (AvgIpc) is 2.50. The second-order valence-corrected chi connectivity index (χ2v) is 3.91. The Bertz CT molecular complexity index is 331. The van der Waals surface area contributed by atoms with E-state index in [0.29, 0.717) is 5.92 Å². The van der Waals surface area contributed by atoms with Crippen molar-refractivity contribution in [2.45, 2.75) is 39.9 Å².